The van der Waals surface area contributed by atoms with Gasteiger partial charge in [-0.15, -0.1) is 11.8 Å². The Labute approximate surface area is 199 Å². The zero-order valence-corrected chi connectivity index (χ0v) is 19.6. The molecule has 3 aromatic carbocycles. The zero-order valence-electron chi connectivity index (χ0n) is 18.8. The number of hydrogen-bond acceptors (Lipinski definition) is 4. The van der Waals surface area contributed by atoms with Crippen LogP contribution in [0.2, 0.25) is 0 Å². The molecule has 5 nitrogen and oxygen atoms in total. The summed E-state index contributed by atoms with van der Waals surface area (Å²) in [6.07, 6.45) is 0.937. The molecule has 33 heavy (non-hydrogen) atoms. The van der Waals surface area contributed by atoms with Gasteiger partial charge in [0.2, 0.25) is 5.91 Å². The highest BCUT2D eigenvalue weighted by Gasteiger charge is 2.25. The molecule has 1 heterocycles. The van der Waals surface area contributed by atoms with E-state index in [-0.39, 0.29) is 23.6 Å². The number of thioether (sulfide) groups is 1. The fourth-order valence-electron chi connectivity index (χ4n) is 3.96. The van der Waals surface area contributed by atoms with Crippen molar-refractivity contribution in [1.82, 2.24) is 10.2 Å². The van der Waals surface area contributed by atoms with E-state index in [1.807, 2.05) is 61.5 Å². The first-order chi connectivity index (χ1) is 16.1. The Morgan fingerprint density at radius 2 is 1.70 bits per heavy atom. The molecule has 6 heteroatoms. The molecule has 0 radical (unpaired) electrons. The molecule has 4 rings (SSSR count). The van der Waals surface area contributed by atoms with Gasteiger partial charge >= 0.3 is 0 Å². The number of benzene rings is 3. The van der Waals surface area contributed by atoms with Crippen LogP contribution in [0.25, 0.3) is 0 Å². The van der Waals surface area contributed by atoms with Gasteiger partial charge in [-0.25, -0.2) is 0 Å². The number of carbonyl (C=O) groups excluding carboxylic acids is 2. The second-order valence-corrected chi connectivity index (χ2v) is 9.40. The van der Waals surface area contributed by atoms with E-state index in [0.717, 1.165) is 42.2 Å². The molecule has 0 bridgehead atoms. The molecule has 2 amide bonds. The first-order valence-corrected chi connectivity index (χ1v) is 12.2. The van der Waals surface area contributed by atoms with Crippen molar-refractivity contribution in [2.75, 3.05) is 24.2 Å². The Morgan fingerprint density at radius 3 is 2.48 bits per heavy atom. The summed E-state index contributed by atoms with van der Waals surface area (Å²) >= 11 is 1.38. The summed E-state index contributed by atoms with van der Waals surface area (Å²) in [5.41, 5.74) is 3.83. The molecule has 2 N–H and O–H groups in total. The molecule has 1 fully saturated rings. The van der Waals surface area contributed by atoms with Crippen molar-refractivity contribution < 1.29 is 9.59 Å². The number of carbonyl (C=O) groups is 2. The fraction of sp³-hybridized carbons (Fsp3) is 0.259. The van der Waals surface area contributed by atoms with Gasteiger partial charge in [0, 0.05) is 36.3 Å². The molecule has 0 aromatic heterocycles. The summed E-state index contributed by atoms with van der Waals surface area (Å²) in [6.45, 7) is 4.72. The molecule has 1 aliphatic heterocycles. The van der Waals surface area contributed by atoms with Gasteiger partial charge in [-0.3, -0.25) is 14.5 Å². The van der Waals surface area contributed by atoms with Gasteiger partial charge < -0.3 is 10.6 Å². The standard InChI is InChI=1S/C27H29N3O2S/c1-20-11-13-22(14-12-20)28-26(31)19-33-25-10-6-5-9-24(25)27(32)29-23-15-16-30(18-23)17-21-7-3-2-4-8-21/h2-14,23H,15-19H2,1H3,(H,28,31)(H,29,32)/t23-/m0/s1. The number of rotatable bonds is 8. The van der Waals surface area contributed by atoms with Crippen molar-refractivity contribution in [3.63, 3.8) is 0 Å². The molecule has 3 aromatic rings. The second-order valence-electron chi connectivity index (χ2n) is 8.38. The first-order valence-electron chi connectivity index (χ1n) is 11.2. The maximum atomic E-state index is 13.0. The van der Waals surface area contributed by atoms with E-state index < -0.39 is 0 Å². The minimum Gasteiger partial charge on any atom is -0.348 e. The van der Waals surface area contributed by atoms with Gasteiger partial charge in [0.1, 0.15) is 0 Å². The van der Waals surface area contributed by atoms with Crippen LogP contribution in [0.4, 0.5) is 5.69 Å². The van der Waals surface area contributed by atoms with E-state index in [9.17, 15) is 9.59 Å². The highest BCUT2D eigenvalue weighted by molar-refractivity contribution is 8.00. The Kier molecular flexibility index (Phi) is 7.81. The Bertz CT molecular complexity index is 1090. The van der Waals surface area contributed by atoms with Crippen molar-refractivity contribution in [3.8, 4) is 0 Å². The molecule has 0 saturated carbocycles. The Morgan fingerprint density at radius 1 is 0.970 bits per heavy atom. The summed E-state index contributed by atoms with van der Waals surface area (Å²) < 4.78 is 0. The Balaban J connectivity index is 1.30. The summed E-state index contributed by atoms with van der Waals surface area (Å²) in [4.78, 5) is 28.6. The normalized spacial score (nSPS) is 15.8. The maximum absolute atomic E-state index is 13.0. The monoisotopic (exact) mass is 459 g/mol. The molecular weight excluding hydrogens is 430 g/mol. The fourth-order valence-corrected chi connectivity index (χ4v) is 4.81. The van der Waals surface area contributed by atoms with Gasteiger partial charge in [-0.1, -0.05) is 60.2 Å². The lowest BCUT2D eigenvalue weighted by Gasteiger charge is -2.17. The number of hydrogen-bond donors (Lipinski definition) is 2. The van der Waals surface area contributed by atoms with Crippen LogP contribution >= 0.6 is 11.8 Å². The first kappa shape index (κ1) is 23.1. The van der Waals surface area contributed by atoms with Crippen LogP contribution < -0.4 is 10.6 Å². The van der Waals surface area contributed by atoms with Crippen LogP contribution in [0.5, 0.6) is 0 Å². The van der Waals surface area contributed by atoms with Crippen molar-refractivity contribution in [2.45, 2.75) is 30.8 Å². The van der Waals surface area contributed by atoms with Gasteiger partial charge in [0.05, 0.1) is 11.3 Å². The third-order valence-corrected chi connectivity index (χ3v) is 6.76. The van der Waals surface area contributed by atoms with E-state index in [0.29, 0.717) is 5.56 Å². The predicted octanol–water partition coefficient (Wildman–Crippen LogP) is 4.73. The van der Waals surface area contributed by atoms with Crippen molar-refractivity contribution in [3.05, 3.63) is 95.6 Å². The minimum atomic E-state index is -0.0913. The van der Waals surface area contributed by atoms with Crippen LogP contribution in [0, 0.1) is 6.92 Å². The molecule has 170 valence electrons. The van der Waals surface area contributed by atoms with Gasteiger partial charge in [0.25, 0.3) is 5.91 Å². The summed E-state index contributed by atoms with van der Waals surface area (Å²) in [5.74, 6) is 0.0712. The van der Waals surface area contributed by atoms with Gasteiger partial charge in [-0.05, 0) is 43.2 Å². The highest BCUT2D eigenvalue weighted by atomic mass is 32.2. The molecule has 1 aliphatic rings. The smallest absolute Gasteiger partial charge is 0.252 e. The molecular formula is C27H29N3O2S. The van der Waals surface area contributed by atoms with Crippen LogP contribution in [-0.4, -0.2) is 41.6 Å². The van der Waals surface area contributed by atoms with E-state index >= 15 is 0 Å². The molecule has 0 spiro atoms. The summed E-state index contributed by atoms with van der Waals surface area (Å²) in [6, 6.07) is 25.7. The van der Waals surface area contributed by atoms with Crippen LogP contribution in [0.15, 0.2) is 83.8 Å². The molecule has 1 atom stereocenters. The van der Waals surface area contributed by atoms with E-state index in [1.165, 1.54) is 17.3 Å². The van der Waals surface area contributed by atoms with Gasteiger partial charge in [-0.2, -0.15) is 0 Å². The summed E-state index contributed by atoms with van der Waals surface area (Å²) in [5, 5.41) is 6.10. The van der Waals surface area contributed by atoms with E-state index in [4.69, 9.17) is 0 Å². The lowest BCUT2D eigenvalue weighted by atomic mass is 10.2. The molecule has 0 unspecified atom stereocenters. The van der Waals surface area contributed by atoms with Crippen LogP contribution in [-0.2, 0) is 11.3 Å². The van der Waals surface area contributed by atoms with Crippen molar-refractivity contribution >= 4 is 29.3 Å². The number of aryl methyl sites for hydroxylation is 1. The van der Waals surface area contributed by atoms with E-state index in [2.05, 4.69) is 39.8 Å². The third kappa shape index (κ3) is 6.70. The number of nitrogens with one attached hydrogen (secondary N) is 2. The highest BCUT2D eigenvalue weighted by Crippen LogP contribution is 2.24. The quantitative estimate of drug-likeness (QED) is 0.478. The SMILES string of the molecule is Cc1ccc(NC(=O)CSc2ccccc2C(=O)N[C@H]2CCN(Cc3ccccc3)C2)cc1. The lowest BCUT2D eigenvalue weighted by Crippen LogP contribution is -2.37. The Hall–Kier alpha value is -3.09. The second kappa shape index (κ2) is 11.2. The average molecular weight is 460 g/mol. The number of nitrogens with zero attached hydrogens (tertiary/aromatic N) is 1. The van der Waals surface area contributed by atoms with E-state index in [1.54, 1.807) is 0 Å². The largest absolute Gasteiger partial charge is 0.348 e. The molecule has 1 saturated heterocycles. The zero-order chi connectivity index (χ0) is 23.0. The average Bonchev–Trinajstić information content (AvgIpc) is 3.26. The number of amides is 2. The molecule has 0 aliphatic carbocycles. The maximum Gasteiger partial charge on any atom is 0.252 e. The summed E-state index contributed by atoms with van der Waals surface area (Å²) in [7, 11) is 0. The van der Waals surface area contributed by atoms with Crippen LogP contribution in [0.1, 0.15) is 27.9 Å². The van der Waals surface area contributed by atoms with Crippen LogP contribution in [0.3, 0.4) is 0 Å². The number of anilines is 1. The number of likely N-dealkylation sites (tertiary alicyclic amines) is 1. The van der Waals surface area contributed by atoms with Gasteiger partial charge in [0.15, 0.2) is 0 Å². The lowest BCUT2D eigenvalue weighted by molar-refractivity contribution is -0.113. The third-order valence-electron chi connectivity index (χ3n) is 5.68. The topological polar surface area (TPSA) is 61.4 Å². The predicted molar refractivity (Wildman–Crippen MR) is 135 cm³/mol. The van der Waals surface area contributed by atoms with Crippen molar-refractivity contribution in [1.29, 1.82) is 0 Å². The van der Waals surface area contributed by atoms with Crippen molar-refractivity contribution in [2.24, 2.45) is 0 Å². The minimum absolute atomic E-state index is 0.0800.